The Bertz CT molecular complexity index is 250. The summed E-state index contributed by atoms with van der Waals surface area (Å²) in [5.41, 5.74) is 8.06. The molecule has 2 N–H and O–H groups in total. The van der Waals surface area contributed by atoms with E-state index in [-0.39, 0.29) is 6.04 Å². The number of nitrogens with zero attached hydrogens (tertiary/aromatic N) is 1. The van der Waals surface area contributed by atoms with Gasteiger partial charge in [-0.2, -0.15) is 0 Å². The van der Waals surface area contributed by atoms with Crippen LogP contribution in [-0.4, -0.2) is 18.7 Å². The zero-order valence-electron chi connectivity index (χ0n) is 7.45. The van der Waals surface area contributed by atoms with Crippen LogP contribution in [0.3, 0.4) is 0 Å². The monoisotopic (exact) mass is 166 g/mol. The van der Waals surface area contributed by atoms with Crippen LogP contribution in [0.25, 0.3) is 0 Å². The minimum absolute atomic E-state index is 0.0660. The Morgan fingerprint density at radius 1 is 1.67 bits per heavy atom. The molecule has 1 atom stereocenters. The first-order chi connectivity index (χ1) is 5.75. The number of ether oxygens (including phenoxy) is 1. The summed E-state index contributed by atoms with van der Waals surface area (Å²) in [6.45, 7) is 2.55. The van der Waals surface area contributed by atoms with Gasteiger partial charge in [0, 0.05) is 19.5 Å². The number of pyridine rings is 1. The SMILES string of the molecule is COC[C@H](N)c1cnccc1C. The van der Waals surface area contributed by atoms with E-state index in [0.717, 1.165) is 11.1 Å². The van der Waals surface area contributed by atoms with Crippen molar-refractivity contribution in [1.29, 1.82) is 0 Å². The van der Waals surface area contributed by atoms with Crippen LogP contribution in [-0.2, 0) is 4.74 Å². The number of nitrogens with two attached hydrogens (primary N) is 1. The van der Waals surface area contributed by atoms with Crippen molar-refractivity contribution in [2.24, 2.45) is 5.73 Å². The van der Waals surface area contributed by atoms with Gasteiger partial charge in [0.25, 0.3) is 0 Å². The predicted octanol–water partition coefficient (Wildman–Crippen LogP) is 1.04. The number of aromatic nitrogens is 1. The molecule has 0 unspecified atom stereocenters. The lowest BCUT2D eigenvalue weighted by molar-refractivity contribution is 0.180. The van der Waals surface area contributed by atoms with Gasteiger partial charge < -0.3 is 10.5 Å². The summed E-state index contributed by atoms with van der Waals surface area (Å²) in [7, 11) is 1.64. The predicted molar refractivity (Wildman–Crippen MR) is 47.8 cm³/mol. The molecular formula is C9H14N2O. The van der Waals surface area contributed by atoms with Crippen LogP contribution in [0.4, 0.5) is 0 Å². The zero-order chi connectivity index (χ0) is 8.97. The molecule has 1 aromatic heterocycles. The van der Waals surface area contributed by atoms with E-state index in [1.807, 2.05) is 13.0 Å². The fourth-order valence-electron chi connectivity index (χ4n) is 1.13. The number of hydrogen-bond acceptors (Lipinski definition) is 3. The molecule has 0 aliphatic heterocycles. The fourth-order valence-corrected chi connectivity index (χ4v) is 1.13. The van der Waals surface area contributed by atoms with Gasteiger partial charge >= 0.3 is 0 Å². The van der Waals surface area contributed by atoms with Gasteiger partial charge in [0.1, 0.15) is 0 Å². The fraction of sp³-hybridized carbons (Fsp3) is 0.444. The summed E-state index contributed by atoms with van der Waals surface area (Å²) in [4.78, 5) is 4.01. The highest BCUT2D eigenvalue weighted by molar-refractivity contribution is 5.24. The molecule has 0 aliphatic carbocycles. The Morgan fingerprint density at radius 3 is 3.00 bits per heavy atom. The molecule has 0 bridgehead atoms. The molecule has 0 fully saturated rings. The summed E-state index contributed by atoms with van der Waals surface area (Å²) in [6, 6.07) is 1.88. The van der Waals surface area contributed by atoms with Gasteiger partial charge in [0.2, 0.25) is 0 Å². The van der Waals surface area contributed by atoms with E-state index in [0.29, 0.717) is 6.61 Å². The molecule has 0 aliphatic rings. The minimum Gasteiger partial charge on any atom is -0.383 e. The van der Waals surface area contributed by atoms with E-state index < -0.39 is 0 Å². The van der Waals surface area contributed by atoms with Crippen molar-refractivity contribution >= 4 is 0 Å². The Balaban J connectivity index is 2.79. The molecule has 3 nitrogen and oxygen atoms in total. The second kappa shape index (κ2) is 4.18. The van der Waals surface area contributed by atoms with E-state index >= 15 is 0 Å². The quantitative estimate of drug-likeness (QED) is 0.729. The van der Waals surface area contributed by atoms with Crippen molar-refractivity contribution in [3.8, 4) is 0 Å². The number of methoxy groups -OCH3 is 1. The lowest BCUT2D eigenvalue weighted by Crippen LogP contribution is -2.17. The van der Waals surface area contributed by atoms with Crippen molar-refractivity contribution in [3.05, 3.63) is 29.6 Å². The van der Waals surface area contributed by atoms with Crippen molar-refractivity contribution in [3.63, 3.8) is 0 Å². The van der Waals surface area contributed by atoms with E-state index in [2.05, 4.69) is 4.98 Å². The highest BCUT2D eigenvalue weighted by Gasteiger charge is 2.07. The van der Waals surface area contributed by atoms with Crippen molar-refractivity contribution in [2.45, 2.75) is 13.0 Å². The second-order valence-corrected chi connectivity index (χ2v) is 2.79. The molecular weight excluding hydrogens is 152 g/mol. The van der Waals surface area contributed by atoms with Gasteiger partial charge in [-0.15, -0.1) is 0 Å². The van der Waals surface area contributed by atoms with Gasteiger partial charge in [0.05, 0.1) is 12.6 Å². The summed E-state index contributed by atoms with van der Waals surface area (Å²) in [6.07, 6.45) is 3.55. The third kappa shape index (κ3) is 2.03. The third-order valence-corrected chi connectivity index (χ3v) is 1.83. The van der Waals surface area contributed by atoms with Crippen LogP contribution < -0.4 is 5.73 Å². The molecule has 0 saturated heterocycles. The lowest BCUT2D eigenvalue weighted by atomic mass is 10.1. The Labute approximate surface area is 72.6 Å². The van der Waals surface area contributed by atoms with Crippen molar-refractivity contribution in [2.75, 3.05) is 13.7 Å². The summed E-state index contributed by atoms with van der Waals surface area (Å²) in [5, 5.41) is 0. The zero-order valence-corrected chi connectivity index (χ0v) is 7.45. The standard InChI is InChI=1S/C9H14N2O/c1-7-3-4-11-5-8(7)9(10)6-12-2/h3-5,9H,6,10H2,1-2H3/t9-/m0/s1. The van der Waals surface area contributed by atoms with E-state index in [4.69, 9.17) is 10.5 Å². The number of aryl methyl sites for hydroxylation is 1. The maximum Gasteiger partial charge on any atom is 0.0656 e. The molecule has 12 heavy (non-hydrogen) atoms. The van der Waals surface area contributed by atoms with E-state index in [1.165, 1.54) is 0 Å². The van der Waals surface area contributed by atoms with Crippen molar-refractivity contribution < 1.29 is 4.74 Å². The van der Waals surface area contributed by atoms with Gasteiger partial charge in [-0.25, -0.2) is 0 Å². The molecule has 0 amide bonds. The largest absolute Gasteiger partial charge is 0.383 e. The van der Waals surface area contributed by atoms with Crippen LogP contribution in [0, 0.1) is 6.92 Å². The summed E-state index contributed by atoms with van der Waals surface area (Å²) < 4.78 is 4.96. The van der Waals surface area contributed by atoms with Gasteiger partial charge in [-0.05, 0) is 24.1 Å². The molecule has 66 valence electrons. The van der Waals surface area contributed by atoms with Gasteiger partial charge in [0.15, 0.2) is 0 Å². The van der Waals surface area contributed by atoms with Crippen molar-refractivity contribution in [1.82, 2.24) is 4.98 Å². The Kier molecular flexibility index (Phi) is 3.19. The van der Waals surface area contributed by atoms with Crippen LogP contribution >= 0.6 is 0 Å². The molecule has 0 aromatic carbocycles. The molecule has 1 aromatic rings. The Hall–Kier alpha value is -0.930. The first kappa shape index (κ1) is 9.16. The first-order valence-corrected chi connectivity index (χ1v) is 3.90. The summed E-state index contributed by atoms with van der Waals surface area (Å²) in [5.74, 6) is 0. The van der Waals surface area contributed by atoms with Crippen LogP contribution in [0.1, 0.15) is 17.2 Å². The maximum absolute atomic E-state index is 5.84. The number of rotatable bonds is 3. The average Bonchev–Trinajstić information content (AvgIpc) is 2.05. The first-order valence-electron chi connectivity index (χ1n) is 3.90. The normalized spacial score (nSPS) is 12.9. The molecule has 0 saturated carbocycles. The highest BCUT2D eigenvalue weighted by Crippen LogP contribution is 2.13. The molecule has 1 heterocycles. The Morgan fingerprint density at radius 2 is 2.42 bits per heavy atom. The van der Waals surface area contributed by atoms with Gasteiger partial charge in [-0.3, -0.25) is 4.98 Å². The smallest absolute Gasteiger partial charge is 0.0656 e. The molecule has 0 spiro atoms. The highest BCUT2D eigenvalue weighted by atomic mass is 16.5. The molecule has 0 radical (unpaired) electrons. The maximum atomic E-state index is 5.84. The minimum atomic E-state index is -0.0660. The second-order valence-electron chi connectivity index (χ2n) is 2.79. The summed E-state index contributed by atoms with van der Waals surface area (Å²) >= 11 is 0. The topological polar surface area (TPSA) is 48.1 Å². The molecule has 3 heteroatoms. The van der Waals surface area contributed by atoms with Gasteiger partial charge in [-0.1, -0.05) is 0 Å². The van der Waals surface area contributed by atoms with Crippen LogP contribution in [0.15, 0.2) is 18.5 Å². The molecule has 1 rings (SSSR count). The van der Waals surface area contributed by atoms with E-state index in [9.17, 15) is 0 Å². The number of hydrogen-bond donors (Lipinski definition) is 1. The van der Waals surface area contributed by atoms with E-state index in [1.54, 1.807) is 19.5 Å². The average molecular weight is 166 g/mol. The third-order valence-electron chi connectivity index (χ3n) is 1.83. The van der Waals surface area contributed by atoms with Crippen LogP contribution in [0.2, 0.25) is 0 Å². The van der Waals surface area contributed by atoms with Crippen LogP contribution in [0.5, 0.6) is 0 Å². The lowest BCUT2D eigenvalue weighted by Gasteiger charge is -2.12.